The Kier molecular flexibility index (Phi) is 11.2. The quantitative estimate of drug-likeness (QED) is 0.290. The molecular formula is C22H37IN4O3. The van der Waals surface area contributed by atoms with Crippen LogP contribution in [0.1, 0.15) is 32.3 Å². The highest BCUT2D eigenvalue weighted by molar-refractivity contribution is 14.0. The lowest BCUT2D eigenvalue weighted by Crippen LogP contribution is -2.45. The van der Waals surface area contributed by atoms with Crippen LogP contribution in [-0.2, 0) is 16.0 Å². The molecule has 0 aliphatic carbocycles. The lowest BCUT2D eigenvalue weighted by Gasteiger charge is -2.26. The van der Waals surface area contributed by atoms with Gasteiger partial charge in [-0.3, -0.25) is 4.90 Å². The van der Waals surface area contributed by atoms with Crippen LogP contribution in [0.4, 0.5) is 0 Å². The van der Waals surface area contributed by atoms with E-state index in [9.17, 15) is 0 Å². The summed E-state index contributed by atoms with van der Waals surface area (Å²) in [6, 6.07) is 8.16. The molecule has 1 unspecified atom stereocenters. The summed E-state index contributed by atoms with van der Waals surface area (Å²) in [4.78, 5) is 7.14. The number of hydrogen-bond acceptors (Lipinski definition) is 5. The summed E-state index contributed by atoms with van der Waals surface area (Å²) >= 11 is 0. The zero-order valence-corrected chi connectivity index (χ0v) is 20.7. The van der Waals surface area contributed by atoms with E-state index < -0.39 is 0 Å². The van der Waals surface area contributed by atoms with Gasteiger partial charge in [-0.05, 0) is 32.8 Å². The molecule has 1 aromatic rings. The minimum atomic E-state index is -0.100. The van der Waals surface area contributed by atoms with E-state index in [0.717, 1.165) is 82.7 Å². The van der Waals surface area contributed by atoms with Crippen LogP contribution in [0.3, 0.4) is 0 Å². The van der Waals surface area contributed by atoms with Crippen molar-refractivity contribution in [3.8, 4) is 5.75 Å². The number of halogens is 1. The molecular weight excluding hydrogens is 495 g/mol. The van der Waals surface area contributed by atoms with Gasteiger partial charge in [0.15, 0.2) is 5.96 Å². The molecule has 3 rings (SSSR count). The molecule has 8 heteroatoms. The first-order chi connectivity index (χ1) is 14.2. The smallest absolute Gasteiger partial charge is 0.191 e. The number of nitrogens with zero attached hydrogens (tertiary/aromatic N) is 2. The third-order valence-electron chi connectivity index (χ3n) is 5.42. The molecule has 2 heterocycles. The maximum atomic E-state index is 6.08. The van der Waals surface area contributed by atoms with Crippen molar-refractivity contribution in [2.75, 3.05) is 59.2 Å². The second kappa shape index (κ2) is 13.3. The fourth-order valence-electron chi connectivity index (χ4n) is 3.64. The third-order valence-corrected chi connectivity index (χ3v) is 5.42. The fraction of sp³-hybridized carbons (Fsp3) is 0.682. The largest absolute Gasteiger partial charge is 0.492 e. The van der Waals surface area contributed by atoms with Crippen molar-refractivity contribution in [1.82, 2.24) is 15.5 Å². The molecule has 0 bridgehead atoms. The van der Waals surface area contributed by atoms with E-state index in [4.69, 9.17) is 19.2 Å². The Morgan fingerprint density at radius 1 is 1.20 bits per heavy atom. The number of benzene rings is 1. The van der Waals surface area contributed by atoms with Gasteiger partial charge in [-0.1, -0.05) is 18.2 Å². The van der Waals surface area contributed by atoms with Gasteiger partial charge in [0.2, 0.25) is 0 Å². The molecule has 170 valence electrons. The Morgan fingerprint density at radius 2 is 2.00 bits per heavy atom. The molecule has 2 aliphatic heterocycles. The first-order valence-corrected chi connectivity index (χ1v) is 10.9. The SMILES string of the molecule is CCNC(=NCc1ccccc1OCCN1CCOCC1)NCC1(C)CCCO1.I. The van der Waals surface area contributed by atoms with Crippen molar-refractivity contribution in [3.63, 3.8) is 0 Å². The lowest BCUT2D eigenvalue weighted by atomic mass is 10.0. The van der Waals surface area contributed by atoms with Gasteiger partial charge in [0, 0.05) is 44.9 Å². The maximum Gasteiger partial charge on any atom is 0.191 e. The zero-order chi connectivity index (χ0) is 20.4. The molecule has 2 saturated heterocycles. The van der Waals surface area contributed by atoms with Crippen molar-refractivity contribution in [1.29, 1.82) is 0 Å². The predicted molar refractivity (Wildman–Crippen MR) is 131 cm³/mol. The van der Waals surface area contributed by atoms with Crippen LogP contribution in [0.15, 0.2) is 29.3 Å². The zero-order valence-electron chi connectivity index (χ0n) is 18.3. The molecule has 7 nitrogen and oxygen atoms in total. The average Bonchev–Trinajstić information content (AvgIpc) is 3.18. The maximum absolute atomic E-state index is 6.08. The van der Waals surface area contributed by atoms with E-state index in [0.29, 0.717) is 13.2 Å². The van der Waals surface area contributed by atoms with Gasteiger partial charge in [0.25, 0.3) is 0 Å². The first kappa shape index (κ1) is 25.2. The third kappa shape index (κ3) is 8.20. The van der Waals surface area contributed by atoms with Gasteiger partial charge in [0.05, 0.1) is 25.4 Å². The summed E-state index contributed by atoms with van der Waals surface area (Å²) in [5.41, 5.74) is 0.992. The van der Waals surface area contributed by atoms with Gasteiger partial charge in [-0.25, -0.2) is 4.99 Å². The number of rotatable bonds is 9. The molecule has 0 aromatic heterocycles. The number of ether oxygens (including phenoxy) is 3. The Morgan fingerprint density at radius 3 is 2.73 bits per heavy atom. The Hall–Kier alpha value is -1.10. The minimum absolute atomic E-state index is 0. The Bertz CT molecular complexity index is 647. The molecule has 0 saturated carbocycles. The van der Waals surface area contributed by atoms with Crippen molar-refractivity contribution < 1.29 is 14.2 Å². The standard InChI is InChI=1S/C22H36N4O3.HI/c1-3-23-21(25-18-22(2)9-6-13-29-22)24-17-19-7-4-5-8-20(19)28-16-12-26-10-14-27-15-11-26;/h4-5,7-8H,3,6,9-18H2,1-2H3,(H2,23,24,25);1H. The molecule has 2 aliphatic rings. The van der Waals surface area contributed by atoms with E-state index >= 15 is 0 Å². The van der Waals surface area contributed by atoms with Gasteiger partial charge < -0.3 is 24.8 Å². The Balaban J connectivity index is 0.00000320. The molecule has 2 fully saturated rings. The molecule has 2 N–H and O–H groups in total. The number of morpholine rings is 1. The van der Waals surface area contributed by atoms with Crippen molar-refractivity contribution >= 4 is 29.9 Å². The van der Waals surface area contributed by atoms with Gasteiger partial charge in [0.1, 0.15) is 12.4 Å². The van der Waals surface area contributed by atoms with E-state index in [1.54, 1.807) is 0 Å². The molecule has 0 spiro atoms. The lowest BCUT2D eigenvalue weighted by molar-refractivity contribution is 0.0242. The number of para-hydroxylation sites is 1. The summed E-state index contributed by atoms with van der Waals surface area (Å²) in [6.07, 6.45) is 2.21. The van der Waals surface area contributed by atoms with Crippen molar-refractivity contribution in [3.05, 3.63) is 29.8 Å². The molecule has 1 atom stereocenters. The first-order valence-electron chi connectivity index (χ1n) is 10.9. The van der Waals surface area contributed by atoms with Crippen molar-refractivity contribution in [2.45, 2.75) is 38.8 Å². The van der Waals surface area contributed by atoms with Gasteiger partial charge in [-0.15, -0.1) is 24.0 Å². The highest BCUT2D eigenvalue weighted by Gasteiger charge is 2.29. The Labute approximate surface area is 197 Å². The van der Waals surface area contributed by atoms with Gasteiger partial charge in [-0.2, -0.15) is 0 Å². The van der Waals surface area contributed by atoms with Gasteiger partial charge >= 0.3 is 0 Å². The highest BCUT2D eigenvalue weighted by atomic mass is 127. The number of guanidine groups is 1. The molecule has 0 amide bonds. The molecule has 1 aromatic carbocycles. The van der Waals surface area contributed by atoms with Crippen LogP contribution < -0.4 is 15.4 Å². The van der Waals surface area contributed by atoms with Crippen LogP contribution in [0.5, 0.6) is 5.75 Å². The minimum Gasteiger partial charge on any atom is -0.492 e. The monoisotopic (exact) mass is 532 g/mol. The van der Waals surface area contributed by atoms with E-state index in [1.807, 2.05) is 18.2 Å². The van der Waals surface area contributed by atoms with Crippen LogP contribution >= 0.6 is 24.0 Å². The number of nitrogens with one attached hydrogen (secondary N) is 2. The van der Waals surface area contributed by atoms with Crippen LogP contribution in [0.25, 0.3) is 0 Å². The molecule has 0 radical (unpaired) electrons. The summed E-state index contributed by atoms with van der Waals surface area (Å²) in [5.74, 6) is 1.72. The van der Waals surface area contributed by atoms with E-state index in [-0.39, 0.29) is 29.6 Å². The predicted octanol–water partition coefficient (Wildman–Crippen LogP) is 2.64. The summed E-state index contributed by atoms with van der Waals surface area (Å²) in [5, 5.41) is 6.76. The van der Waals surface area contributed by atoms with E-state index in [2.05, 4.69) is 35.4 Å². The highest BCUT2D eigenvalue weighted by Crippen LogP contribution is 2.24. The number of hydrogen-bond donors (Lipinski definition) is 2. The van der Waals surface area contributed by atoms with Crippen LogP contribution in [-0.4, -0.2) is 75.6 Å². The second-order valence-electron chi connectivity index (χ2n) is 7.86. The van der Waals surface area contributed by atoms with Crippen LogP contribution in [0, 0.1) is 0 Å². The van der Waals surface area contributed by atoms with E-state index in [1.165, 1.54) is 0 Å². The molecule has 30 heavy (non-hydrogen) atoms. The summed E-state index contributed by atoms with van der Waals surface area (Å²) < 4.78 is 17.3. The average molecular weight is 532 g/mol. The summed E-state index contributed by atoms with van der Waals surface area (Å²) in [7, 11) is 0. The summed E-state index contributed by atoms with van der Waals surface area (Å²) in [6.45, 7) is 12.4. The van der Waals surface area contributed by atoms with Crippen molar-refractivity contribution in [2.24, 2.45) is 4.99 Å². The second-order valence-corrected chi connectivity index (χ2v) is 7.86. The van der Waals surface area contributed by atoms with Crippen LogP contribution in [0.2, 0.25) is 0 Å². The normalized spacial score (nSPS) is 22.4. The fourth-order valence-corrected chi connectivity index (χ4v) is 3.64. The topological polar surface area (TPSA) is 67.4 Å². The number of aliphatic imine (C=N–C) groups is 1.